The van der Waals surface area contributed by atoms with Gasteiger partial charge in [0.1, 0.15) is 5.60 Å². The van der Waals surface area contributed by atoms with Gasteiger partial charge in [0.2, 0.25) is 10.0 Å². The monoisotopic (exact) mass is 412 g/mol. The Kier molecular flexibility index (Phi) is 5.33. The molecule has 0 aliphatic carbocycles. The van der Waals surface area contributed by atoms with Crippen molar-refractivity contribution in [3.05, 3.63) is 46.0 Å². The van der Waals surface area contributed by atoms with Crippen LogP contribution in [0.4, 0.5) is 0 Å². The Labute approximate surface area is 163 Å². The van der Waals surface area contributed by atoms with Crippen LogP contribution in [0.15, 0.2) is 35.4 Å². The van der Waals surface area contributed by atoms with Gasteiger partial charge >= 0.3 is 5.97 Å². The van der Waals surface area contributed by atoms with Crippen molar-refractivity contribution in [3.63, 3.8) is 0 Å². The van der Waals surface area contributed by atoms with Crippen molar-refractivity contribution >= 4 is 33.5 Å². The summed E-state index contributed by atoms with van der Waals surface area (Å²) in [6, 6.07) is 7.08. The molecule has 0 atom stereocenters. The number of piperidine rings is 1. The van der Waals surface area contributed by atoms with Gasteiger partial charge in [-0.1, -0.05) is 23.7 Å². The van der Waals surface area contributed by atoms with Crippen LogP contribution in [0, 0.1) is 0 Å². The molecule has 7 nitrogen and oxygen atoms in total. The van der Waals surface area contributed by atoms with E-state index in [1.807, 2.05) is 0 Å². The van der Waals surface area contributed by atoms with E-state index in [-0.39, 0.29) is 44.0 Å². The molecule has 1 saturated heterocycles. The Balaban J connectivity index is 1.76. The Hall–Kier alpha value is -1.90. The molecule has 0 aromatic heterocycles. The number of sulfonamides is 1. The van der Waals surface area contributed by atoms with E-state index in [4.69, 9.17) is 16.3 Å². The van der Waals surface area contributed by atoms with E-state index in [0.717, 1.165) is 11.8 Å². The lowest BCUT2D eigenvalue weighted by Crippen LogP contribution is -2.50. The second-order valence-electron chi connectivity index (χ2n) is 6.85. The zero-order valence-corrected chi connectivity index (χ0v) is 16.7. The second kappa shape index (κ2) is 7.26. The summed E-state index contributed by atoms with van der Waals surface area (Å²) in [7, 11) is -3.32. The van der Waals surface area contributed by atoms with Gasteiger partial charge in [0.15, 0.2) is 0 Å². The van der Waals surface area contributed by atoms with Crippen molar-refractivity contribution in [2.24, 2.45) is 0 Å². The third-order valence-corrected chi connectivity index (χ3v) is 6.57. The molecule has 0 unspecified atom stereocenters. The molecule has 0 bridgehead atoms. The van der Waals surface area contributed by atoms with E-state index in [9.17, 15) is 18.0 Å². The number of carbonyl (C=O) groups excluding carboxylic acids is 2. The molecule has 146 valence electrons. The van der Waals surface area contributed by atoms with E-state index >= 15 is 0 Å². The zero-order chi connectivity index (χ0) is 19.8. The molecule has 9 heteroatoms. The fourth-order valence-electron chi connectivity index (χ4n) is 3.53. The topological polar surface area (TPSA) is 92.8 Å². The number of ether oxygens (including phenoxy) is 1. The first-order valence-electron chi connectivity index (χ1n) is 8.55. The van der Waals surface area contributed by atoms with Gasteiger partial charge < -0.3 is 10.1 Å². The maximum Gasteiger partial charge on any atom is 0.335 e. The highest BCUT2D eigenvalue weighted by Gasteiger charge is 2.51. The molecule has 1 spiro atoms. The minimum absolute atomic E-state index is 0.202. The molecule has 2 heterocycles. The van der Waals surface area contributed by atoms with Crippen LogP contribution in [0.2, 0.25) is 5.02 Å². The standard InChI is InChI=1S/C18H21ClN2O5S/c1-12-15(16(22)20-11-13-3-5-14(19)6-4-13)18(26-17(12)23)7-9-21(10-8-18)27(2,24)25/h3-6H,7-11H2,1-2H3,(H,20,22). The number of hydrogen-bond acceptors (Lipinski definition) is 5. The fourth-order valence-corrected chi connectivity index (χ4v) is 4.50. The summed E-state index contributed by atoms with van der Waals surface area (Å²) in [5.74, 6) is -0.902. The van der Waals surface area contributed by atoms with Gasteiger partial charge in [-0.05, 0) is 24.6 Å². The molecule has 3 rings (SSSR count). The number of hydrogen-bond donors (Lipinski definition) is 1. The largest absolute Gasteiger partial charge is 0.450 e. The number of nitrogens with one attached hydrogen (secondary N) is 1. The van der Waals surface area contributed by atoms with Crippen LogP contribution in [0.25, 0.3) is 0 Å². The van der Waals surface area contributed by atoms with Gasteiger partial charge in [0.05, 0.1) is 11.8 Å². The van der Waals surface area contributed by atoms with Crippen molar-refractivity contribution in [2.45, 2.75) is 31.9 Å². The van der Waals surface area contributed by atoms with Crippen LogP contribution in [0.3, 0.4) is 0 Å². The van der Waals surface area contributed by atoms with Crippen LogP contribution in [0.5, 0.6) is 0 Å². The van der Waals surface area contributed by atoms with E-state index < -0.39 is 21.6 Å². The number of carbonyl (C=O) groups is 2. The molecular weight excluding hydrogens is 392 g/mol. The number of esters is 1. The molecule has 1 N–H and O–H groups in total. The van der Waals surface area contributed by atoms with Gasteiger partial charge in [0.25, 0.3) is 5.91 Å². The number of benzene rings is 1. The summed E-state index contributed by atoms with van der Waals surface area (Å²) in [5, 5.41) is 3.43. The van der Waals surface area contributed by atoms with Crippen molar-refractivity contribution in [3.8, 4) is 0 Å². The Morgan fingerprint density at radius 2 is 1.85 bits per heavy atom. The Bertz CT molecular complexity index is 900. The maximum absolute atomic E-state index is 12.8. The highest BCUT2D eigenvalue weighted by Crippen LogP contribution is 2.41. The van der Waals surface area contributed by atoms with Crippen LogP contribution >= 0.6 is 11.6 Å². The first-order valence-corrected chi connectivity index (χ1v) is 10.8. The molecule has 1 aromatic rings. The summed E-state index contributed by atoms with van der Waals surface area (Å²) < 4.78 is 30.4. The predicted octanol–water partition coefficient (Wildman–Crippen LogP) is 1.62. The molecule has 0 radical (unpaired) electrons. The van der Waals surface area contributed by atoms with Gasteiger partial charge in [-0.25, -0.2) is 17.5 Å². The quantitative estimate of drug-likeness (QED) is 0.758. The summed E-state index contributed by atoms with van der Waals surface area (Å²) in [4.78, 5) is 25.0. The van der Waals surface area contributed by atoms with E-state index in [1.54, 1.807) is 31.2 Å². The molecule has 2 aliphatic rings. The molecule has 0 saturated carbocycles. The Morgan fingerprint density at radius 1 is 1.26 bits per heavy atom. The van der Waals surface area contributed by atoms with Crippen LogP contribution < -0.4 is 5.32 Å². The van der Waals surface area contributed by atoms with Crippen molar-refractivity contribution in [1.82, 2.24) is 9.62 Å². The first-order chi connectivity index (χ1) is 12.6. The second-order valence-corrected chi connectivity index (χ2v) is 9.27. The molecule has 1 aromatic carbocycles. The third-order valence-electron chi connectivity index (χ3n) is 5.02. The van der Waals surface area contributed by atoms with Crippen LogP contribution in [-0.4, -0.2) is 49.5 Å². The lowest BCUT2D eigenvalue weighted by molar-refractivity contribution is -0.150. The molecule has 1 fully saturated rings. The van der Waals surface area contributed by atoms with Crippen molar-refractivity contribution in [2.75, 3.05) is 19.3 Å². The number of nitrogens with zero attached hydrogens (tertiary/aromatic N) is 1. The van der Waals surface area contributed by atoms with Crippen molar-refractivity contribution < 1.29 is 22.7 Å². The van der Waals surface area contributed by atoms with Crippen LogP contribution in [0.1, 0.15) is 25.3 Å². The van der Waals surface area contributed by atoms with Gasteiger partial charge in [-0.15, -0.1) is 0 Å². The van der Waals surface area contributed by atoms with Crippen molar-refractivity contribution in [1.29, 1.82) is 0 Å². The maximum atomic E-state index is 12.8. The van der Waals surface area contributed by atoms with Gasteiger partial charge in [0, 0.05) is 43.1 Å². The van der Waals surface area contributed by atoms with Gasteiger partial charge in [-0.2, -0.15) is 0 Å². The number of amides is 1. The third kappa shape index (κ3) is 4.02. The normalized spacial score (nSPS) is 20.0. The van der Waals surface area contributed by atoms with E-state index in [0.29, 0.717) is 10.6 Å². The first kappa shape index (κ1) is 19.9. The van der Waals surface area contributed by atoms with E-state index in [2.05, 4.69) is 5.32 Å². The highest BCUT2D eigenvalue weighted by molar-refractivity contribution is 7.88. The molecule has 2 aliphatic heterocycles. The summed E-state index contributed by atoms with van der Waals surface area (Å²) >= 11 is 5.86. The lowest BCUT2D eigenvalue weighted by atomic mass is 9.83. The zero-order valence-electron chi connectivity index (χ0n) is 15.1. The molecule has 27 heavy (non-hydrogen) atoms. The molecular formula is C18H21ClN2O5S. The fraction of sp³-hybridized carbons (Fsp3) is 0.444. The van der Waals surface area contributed by atoms with Crippen LogP contribution in [-0.2, 0) is 30.9 Å². The SMILES string of the molecule is CC1=C(C(=O)NCc2ccc(Cl)cc2)C2(CCN(S(C)(=O)=O)CC2)OC1=O. The lowest BCUT2D eigenvalue weighted by Gasteiger charge is -2.38. The predicted molar refractivity (Wildman–Crippen MR) is 100 cm³/mol. The summed E-state index contributed by atoms with van der Waals surface area (Å²) in [6.45, 7) is 2.25. The average molecular weight is 413 g/mol. The smallest absolute Gasteiger partial charge is 0.335 e. The molecule has 1 amide bonds. The van der Waals surface area contributed by atoms with Gasteiger partial charge in [-0.3, -0.25) is 4.79 Å². The Morgan fingerprint density at radius 3 is 2.41 bits per heavy atom. The van der Waals surface area contributed by atoms with E-state index in [1.165, 1.54) is 4.31 Å². The highest BCUT2D eigenvalue weighted by atomic mass is 35.5. The summed E-state index contributed by atoms with van der Waals surface area (Å²) in [5.41, 5.74) is 0.384. The minimum atomic E-state index is -3.32. The summed E-state index contributed by atoms with van der Waals surface area (Å²) in [6.07, 6.45) is 1.66. The number of halogens is 1. The minimum Gasteiger partial charge on any atom is -0.450 e. The average Bonchev–Trinajstić information content (AvgIpc) is 2.84. The number of rotatable bonds is 4.